The molecule has 2 rings (SSSR count). The Morgan fingerprint density at radius 2 is 1.44 bits per heavy atom. The second-order valence-electron chi connectivity index (χ2n) is 9.86. The van der Waals surface area contributed by atoms with Gasteiger partial charge < -0.3 is 14.6 Å². The highest BCUT2D eigenvalue weighted by atomic mass is 16.6. The lowest BCUT2D eigenvalue weighted by Gasteiger charge is -2.37. The molecule has 34 heavy (non-hydrogen) atoms. The van der Waals surface area contributed by atoms with Gasteiger partial charge in [0.05, 0.1) is 11.5 Å². The van der Waals surface area contributed by atoms with Crippen LogP contribution in [0.5, 0.6) is 5.75 Å². The van der Waals surface area contributed by atoms with Crippen molar-refractivity contribution in [1.82, 2.24) is 0 Å². The van der Waals surface area contributed by atoms with Crippen LogP contribution in [0.2, 0.25) is 0 Å². The number of phenolic OH excluding ortho intramolecular Hbond substituents is 1. The molecule has 0 aromatic heterocycles. The molecule has 5 nitrogen and oxygen atoms in total. The van der Waals surface area contributed by atoms with Crippen molar-refractivity contribution in [1.29, 1.82) is 0 Å². The summed E-state index contributed by atoms with van der Waals surface area (Å²) in [6, 6.07) is 6.14. The number of ether oxygens (including phenoxy) is 2. The molecule has 1 aliphatic rings. The van der Waals surface area contributed by atoms with Crippen LogP contribution in [0.25, 0.3) is 0 Å². The molecule has 1 heterocycles. The number of benzene rings is 1. The minimum Gasteiger partial charge on any atom is -0.508 e. The minimum atomic E-state index is -0.383. The molecular weight excluding hydrogens is 428 g/mol. The van der Waals surface area contributed by atoms with Crippen molar-refractivity contribution >= 4 is 11.9 Å². The molecule has 3 atom stereocenters. The van der Waals surface area contributed by atoms with Gasteiger partial charge in [-0.25, -0.2) is 4.79 Å². The van der Waals surface area contributed by atoms with Crippen LogP contribution >= 0.6 is 0 Å². The molecule has 0 unspecified atom stereocenters. The van der Waals surface area contributed by atoms with Crippen LogP contribution in [0.3, 0.4) is 0 Å². The smallest absolute Gasteiger partial charge is 0.338 e. The molecule has 0 spiro atoms. The van der Waals surface area contributed by atoms with Crippen LogP contribution in [0.15, 0.2) is 24.3 Å². The van der Waals surface area contributed by atoms with Gasteiger partial charge >= 0.3 is 11.9 Å². The monoisotopic (exact) mass is 474 g/mol. The average molecular weight is 475 g/mol. The van der Waals surface area contributed by atoms with Crippen LogP contribution in [-0.4, -0.2) is 29.3 Å². The number of unbranched alkanes of at least 4 members (excludes halogenated alkanes) is 11. The van der Waals surface area contributed by atoms with Gasteiger partial charge in [0.15, 0.2) is 0 Å². The first-order valence-corrected chi connectivity index (χ1v) is 13.8. The van der Waals surface area contributed by atoms with Gasteiger partial charge in [0.25, 0.3) is 0 Å². The summed E-state index contributed by atoms with van der Waals surface area (Å²) >= 11 is 0. The van der Waals surface area contributed by atoms with Crippen molar-refractivity contribution < 1.29 is 24.2 Å². The van der Waals surface area contributed by atoms with Crippen LogP contribution in [0.1, 0.15) is 127 Å². The second-order valence-corrected chi connectivity index (χ2v) is 9.86. The third kappa shape index (κ3) is 10.5. The number of rotatable bonds is 19. The summed E-state index contributed by atoms with van der Waals surface area (Å²) in [6.07, 6.45) is 17.6. The molecule has 0 saturated carbocycles. The number of carbonyl (C=O) groups excluding carboxylic acids is 2. The van der Waals surface area contributed by atoms with Crippen molar-refractivity contribution in [3.8, 4) is 5.75 Å². The summed E-state index contributed by atoms with van der Waals surface area (Å²) < 4.78 is 11.3. The van der Waals surface area contributed by atoms with Gasteiger partial charge in [-0.15, -0.1) is 0 Å². The number of phenols is 1. The fourth-order valence-corrected chi connectivity index (χ4v) is 4.69. The summed E-state index contributed by atoms with van der Waals surface area (Å²) in [5.74, 6) is -0.427. The predicted octanol–water partition coefficient (Wildman–Crippen LogP) is 7.74. The summed E-state index contributed by atoms with van der Waals surface area (Å²) in [5.41, 5.74) is 0.427. The molecule has 192 valence electrons. The molecule has 1 aliphatic heterocycles. The normalized spacial score (nSPS) is 18.2. The van der Waals surface area contributed by atoms with Crippen molar-refractivity contribution in [2.45, 2.75) is 129 Å². The number of esters is 2. The van der Waals surface area contributed by atoms with Crippen LogP contribution in [-0.2, 0) is 14.3 Å². The van der Waals surface area contributed by atoms with E-state index in [2.05, 4.69) is 13.8 Å². The van der Waals surface area contributed by atoms with E-state index in [4.69, 9.17) is 9.47 Å². The summed E-state index contributed by atoms with van der Waals surface area (Å²) in [5, 5.41) is 9.48. The Morgan fingerprint density at radius 1 is 0.882 bits per heavy atom. The quantitative estimate of drug-likeness (QED) is 0.164. The third-order valence-corrected chi connectivity index (χ3v) is 6.89. The highest BCUT2D eigenvalue weighted by molar-refractivity contribution is 5.89. The fraction of sp³-hybridized carbons (Fsp3) is 0.724. The van der Waals surface area contributed by atoms with Gasteiger partial charge in [-0.3, -0.25) is 4.79 Å². The van der Waals surface area contributed by atoms with E-state index in [9.17, 15) is 14.7 Å². The van der Waals surface area contributed by atoms with E-state index in [1.807, 2.05) is 0 Å². The molecule has 1 aromatic carbocycles. The maximum Gasteiger partial charge on any atom is 0.338 e. The molecule has 1 saturated heterocycles. The molecule has 0 amide bonds. The lowest BCUT2D eigenvalue weighted by molar-refractivity contribution is -0.188. The van der Waals surface area contributed by atoms with Gasteiger partial charge in [-0.2, -0.15) is 0 Å². The number of hydrogen-bond donors (Lipinski definition) is 1. The van der Waals surface area contributed by atoms with Gasteiger partial charge in [-0.05, 0) is 43.5 Å². The first-order chi connectivity index (χ1) is 16.5. The van der Waals surface area contributed by atoms with Gasteiger partial charge in [0.1, 0.15) is 18.0 Å². The van der Waals surface area contributed by atoms with Gasteiger partial charge in [0, 0.05) is 6.42 Å². The Morgan fingerprint density at radius 3 is 2.03 bits per heavy atom. The van der Waals surface area contributed by atoms with E-state index in [0.29, 0.717) is 12.0 Å². The van der Waals surface area contributed by atoms with Crippen molar-refractivity contribution in [2.24, 2.45) is 5.92 Å². The molecule has 5 heteroatoms. The van der Waals surface area contributed by atoms with Crippen molar-refractivity contribution in [3.63, 3.8) is 0 Å². The van der Waals surface area contributed by atoms with E-state index in [-0.39, 0.29) is 35.8 Å². The topological polar surface area (TPSA) is 72.8 Å². The largest absolute Gasteiger partial charge is 0.508 e. The van der Waals surface area contributed by atoms with Crippen LogP contribution in [0, 0.1) is 5.92 Å². The molecule has 1 N–H and O–H groups in total. The fourth-order valence-electron chi connectivity index (χ4n) is 4.69. The second kappa shape index (κ2) is 16.6. The van der Waals surface area contributed by atoms with E-state index < -0.39 is 0 Å². The number of aromatic hydroxyl groups is 1. The highest BCUT2D eigenvalue weighted by Crippen LogP contribution is 2.33. The number of carbonyl (C=O) groups is 2. The van der Waals surface area contributed by atoms with E-state index in [1.54, 1.807) is 12.1 Å². The Balaban J connectivity index is 1.82. The van der Waals surface area contributed by atoms with E-state index in [1.165, 1.54) is 69.9 Å². The predicted molar refractivity (Wildman–Crippen MR) is 136 cm³/mol. The van der Waals surface area contributed by atoms with Crippen LogP contribution in [0.4, 0.5) is 0 Å². The Kier molecular flexibility index (Phi) is 13.7. The molecular formula is C29H46O5. The van der Waals surface area contributed by atoms with E-state index >= 15 is 0 Å². The van der Waals surface area contributed by atoms with Crippen LogP contribution < -0.4 is 0 Å². The van der Waals surface area contributed by atoms with Crippen molar-refractivity contribution in [3.05, 3.63) is 29.8 Å². The highest BCUT2D eigenvalue weighted by Gasteiger charge is 2.43. The first kappa shape index (κ1) is 28.2. The lowest BCUT2D eigenvalue weighted by Crippen LogP contribution is -2.47. The lowest BCUT2D eigenvalue weighted by atomic mass is 9.86. The Hall–Kier alpha value is -2.04. The molecule has 1 fully saturated rings. The number of hydrogen-bond acceptors (Lipinski definition) is 5. The van der Waals surface area contributed by atoms with Gasteiger partial charge in [0.2, 0.25) is 0 Å². The summed E-state index contributed by atoms with van der Waals surface area (Å²) in [6.45, 7) is 4.42. The summed E-state index contributed by atoms with van der Waals surface area (Å²) in [7, 11) is 0. The average Bonchev–Trinajstić information content (AvgIpc) is 2.82. The number of cyclic esters (lactones) is 1. The molecule has 0 bridgehead atoms. The zero-order valence-electron chi connectivity index (χ0n) is 21.4. The standard InChI is InChI=1S/C29H46O5/c1-3-5-7-9-10-11-12-13-14-16-25(33-28(31)23-18-20-24(30)21-19-23)22-27-26(29(32)34-27)17-15-8-6-4-2/h18-21,25-27,30H,3-17,22H2,1-2H3/t25-,26-,27-/m0/s1. The Bertz CT molecular complexity index is 699. The molecule has 0 aliphatic carbocycles. The molecule has 0 radical (unpaired) electrons. The maximum atomic E-state index is 12.7. The molecule has 1 aromatic rings. The first-order valence-electron chi connectivity index (χ1n) is 13.8. The SMILES string of the molecule is CCCCCCCCCCC[C@@H](C[C@@H]1OC(=O)[C@H]1CCCCCC)OC(=O)c1ccc(O)cc1. The zero-order chi connectivity index (χ0) is 24.6. The maximum absolute atomic E-state index is 12.7. The zero-order valence-corrected chi connectivity index (χ0v) is 21.4. The minimum absolute atomic E-state index is 0.0603. The van der Waals surface area contributed by atoms with Crippen molar-refractivity contribution in [2.75, 3.05) is 0 Å². The third-order valence-electron chi connectivity index (χ3n) is 6.89. The van der Waals surface area contributed by atoms with Gasteiger partial charge in [-0.1, -0.05) is 90.9 Å². The Labute approximate surface area is 206 Å². The summed E-state index contributed by atoms with van der Waals surface area (Å²) in [4.78, 5) is 24.7. The van der Waals surface area contributed by atoms with E-state index in [0.717, 1.165) is 38.5 Å².